The van der Waals surface area contributed by atoms with E-state index in [9.17, 15) is 14.9 Å². The molecule has 1 heterocycles. The van der Waals surface area contributed by atoms with Crippen molar-refractivity contribution >= 4 is 17.3 Å². The van der Waals surface area contributed by atoms with E-state index in [-0.39, 0.29) is 23.4 Å². The molecule has 1 aromatic carbocycles. The van der Waals surface area contributed by atoms with Crippen LogP contribution in [0, 0.1) is 22.0 Å². The number of fused-ring (bicyclic) bond motifs is 1. The molecular weight excluding hydrogens is 232 g/mol. The Labute approximate surface area is 105 Å². The van der Waals surface area contributed by atoms with Crippen LogP contribution in [0.15, 0.2) is 18.2 Å². The van der Waals surface area contributed by atoms with Crippen LogP contribution in [0.2, 0.25) is 0 Å². The molecule has 1 aromatic rings. The van der Waals surface area contributed by atoms with Crippen LogP contribution in [-0.4, -0.2) is 10.8 Å². The molecule has 5 heteroatoms. The van der Waals surface area contributed by atoms with Gasteiger partial charge >= 0.3 is 0 Å². The lowest BCUT2D eigenvalue weighted by Crippen LogP contribution is -2.22. The Bertz CT molecular complexity index is 511. The fourth-order valence-electron chi connectivity index (χ4n) is 2.35. The zero-order chi connectivity index (χ0) is 13.4. The summed E-state index contributed by atoms with van der Waals surface area (Å²) in [6.07, 6.45) is 0. The molecule has 0 aliphatic carbocycles. The summed E-state index contributed by atoms with van der Waals surface area (Å²) in [5.41, 5.74) is 1.08. The Kier molecular flexibility index (Phi) is 3.07. The zero-order valence-electron chi connectivity index (χ0n) is 10.6. The molecule has 1 amide bonds. The summed E-state index contributed by atoms with van der Waals surface area (Å²) in [4.78, 5) is 22.5. The minimum absolute atomic E-state index is 0.0284. The normalized spacial score (nSPS) is 19.6. The topological polar surface area (TPSA) is 72.2 Å². The molecule has 0 aromatic heterocycles. The largest absolute Gasteiger partial charge is 0.320 e. The number of nitro benzene ring substituents is 1. The highest BCUT2D eigenvalue weighted by Crippen LogP contribution is 2.43. The maximum absolute atomic E-state index is 12.0. The molecule has 0 saturated carbocycles. The number of nitro groups is 1. The molecule has 0 radical (unpaired) electrons. The molecule has 0 spiro atoms. The second-order valence-electron chi connectivity index (χ2n) is 5.07. The maximum Gasteiger partial charge on any atom is 0.293 e. The van der Waals surface area contributed by atoms with Gasteiger partial charge < -0.3 is 5.32 Å². The van der Waals surface area contributed by atoms with Crippen molar-refractivity contribution in [3.63, 3.8) is 0 Å². The van der Waals surface area contributed by atoms with Crippen LogP contribution in [0.25, 0.3) is 0 Å². The number of carbonyl (C=O) groups is 1. The van der Waals surface area contributed by atoms with E-state index in [0.717, 1.165) is 5.56 Å². The average molecular weight is 248 g/mol. The summed E-state index contributed by atoms with van der Waals surface area (Å²) < 4.78 is 0. The monoisotopic (exact) mass is 248 g/mol. The van der Waals surface area contributed by atoms with E-state index in [4.69, 9.17) is 0 Å². The Balaban J connectivity index is 2.50. The molecule has 1 aliphatic heterocycles. The molecule has 2 unspecified atom stereocenters. The van der Waals surface area contributed by atoms with E-state index in [1.807, 2.05) is 20.8 Å². The quantitative estimate of drug-likeness (QED) is 0.660. The smallest absolute Gasteiger partial charge is 0.293 e. The first-order valence-electron chi connectivity index (χ1n) is 6.01. The van der Waals surface area contributed by atoms with Gasteiger partial charge in [0.2, 0.25) is 5.91 Å². The lowest BCUT2D eigenvalue weighted by Gasteiger charge is -2.21. The van der Waals surface area contributed by atoms with E-state index in [0.29, 0.717) is 11.6 Å². The van der Waals surface area contributed by atoms with Crippen LogP contribution in [0.5, 0.6) is 0 Å². The van der Waals surface area contributed by atoms with E-state index in [2.05, 4.69) is 5.32 Å². The standard InChI is InChI=1S/C13H16N2O3/c1-7(2)8(3)11-9-5-4-6-10(15(17)18)12(9)14-13(11)16/h4-8,11H,1-3H3,(H,14,16). The summed E-state index contributed by atoms with van der Waals surface area (Å²) in [6.45, 7) is 6.10. The van der Waals surface area contributed by atoms with Crippen molar-refractivity contribution in [2.45, 2.75) is 26.7 Å². The fourth-order valence-corrected chi connectivity index (χ4v) is 2.35. The molecular formula is C13H16N2O3. The highest BCUT2D eigenvalue weighted by Gasteiger charge is 2.39. The van der Waals surface area contributed by atoms with Crippen LogP contribution in [0.3, 0.4) is 0 Å². The predicted molar refractivity (Wildman–Crippen MR) is 68.5 cm³/mol. The maximum atomic E-state index is 12.0. The van der Waals surface area contributed by atoms with Gasteiger partial charge in [0.15, 0.2) is 0 Å². The lowest BCUT2D eigenvalue weighted by atomic mass is 9.81. The lowest BCUT2D eigenvalue weighted by molar-refractivity contribution is -0.383. The van der Waals surface area contributed by atoms with Gasteiger partial charge in [-0.05, 0) is 17.4 Å². The molecule has 5 nitrogen and oxygen atoms in total. The Morgan fingerprint density at radius 3 is 2.56 bits per heavy atom. The number of benzene rings is 1. The zero-order valence-corrected chi connectivity index (χ0v) is 10.6. The number of rotatable bonds is 3. The number of carbonyl (C=O) groups excluding carboxylic acids is 1. The Hall–Kier alpha value is -1.91. The number of nitrogens with zero attached hydrogens (tertiary/aromatic N) is 1. The van der Waals surface area contributed by atoms with Gasteiger partial charge in [-0.1, -0.05) is 32.9 Å². The summed E-state index contributed by atoms with van der Waals surface area (Å²) in [5, 5.41) is 13.6. The van der Waals surface area contributed by atoms with Crippen molar-refractivity contribution in [1.82, 2.24) is 0 Å². The second-order valence-corrected chi connectivity index (χ2v) is 5.07. The molecule has 18 heavy (non-hydrogen) atoms. The molecule has 0 bridgehead atoms. The van der Waals surface area contributed by atoms with Crippen LogP contribution >= 0.6 is 0 Å². The number of amides is 1. The predicted octanol–water partition coefficient (Wildman–Crippen LogP) is 2.92. The third kappa shape index (κ3) is 1.85. The summed E-state index contributed by atoms with van der Waals surface area (Å²) in [5.74, 6) is 0.0552. The minimum atomic E-state index is -0.457. The van der Waals surface area contributed by atoms with Gasteiger partial charge in [0.1, 0.15) is 5.69 Å². The first-order chi connectivity index (χ1) is 8.43. The molecule has 96 valence electrons. The van der Waals surface area contributed by atoms with Gasteiger partial charge in [-0.2, -0.15) is 0 Å². The number of para-hydroxylation sites is 1. The Morgan fingerprint density at radius 2 is 2.00 bits per heavy atom. The van der Waals surface area contributed by atoms with Crippen LogP contribution in [0.1, 0.15) is 32.3 Å². The SMILES string of the molecule is CC(C)C(C)C1C(=O)Nc2c1cccc2[N+](=O)[O-]. The van der Waals surface area contributed by atoms with E-state index in [1.165, 1.54) is 6.07 Å². The molecule has 1 aliphatic rings. The fraction of sp³-hybridized carbons (Fsp3) is 0.462. The van der Waals surface area contributed by atoms with Crippen molar-refractivity contribution in [3.8, 4) is 0 Å². The first kappa shape index (κ1) is 12.5. The molecule has 2 atom stereocenters. The summed E-state index contributed by atoms with van der Waals surface area (Å²) in [7, 11) is 0. The average Bonchev–Trinajstić information content (AvgIpc) is 2.63. The molecule has 0 fully saturated rings. The molecule has 0 saturated heterocycles. The molecule has 1 N–H and O–H groups in total. The van der Waals surface area contributed by atoms with E-state index in [1.54, 1.807) is 12.1 Å². The van der Waals surface area contributed by atoms with Crippen molar-refractivity contribution < 1.29 is 9.72 Å². The van der Waals surface area contributed by atoms with Crippen molar-refractivity contribution in [3.05, 3.63) is 33.9 Å². The second kappa shape index (κ2) is 4.40. The number of hydrogen-bond acceptors (Lipinski definition) is 3. The number of hydrogen-bond donors (Lipinski definition) is 1. The van der Waals surface area contributed by atoms with Gasteiger partial charge in [-0.25, -0.2) is 0 Å². The van der Waals surface area contributed by atoms with Gasteiger partial charge in [0.25, 0.3) is 5.69 Å². The Morgan fingerprint density at radius 1 is 1.33 bits per heavy atom. The summed E-state index contributed by atoms with van der Waals surface area (Å²) in [6, 6.07) is 4.85. The highest BCUT2D eigenvalue weighted by molar-refractivity contribution is 6.05. The highest BCUT2D eigenvalue weighted by atomic mass is 16.6. The van der Waals surface area contributed by atoms with Crippen molar-refractivity contribution in [1.29, 1.82) is 0 Å². The van der Waals surface area contributed by atoms with Crippen molar-refractivity contribution in [2.24, 2.45) is 11.8 Å². The van der Waals surface area contributed by atoms with Crippen LogP contribution in [0.4, 0.5) is 11.4 Å². The van der Waals surface area contributed by atoms with E-state index >= 15 is 0 Å². The first-order valence-corrected chi connectivity index (χ1v) is 6.01. The summed E-state index contributed by atoms with van der Waals surface area (Å²) >= 11 is 0. The molecule has 2 rings (SSSR count). The van der Waals surface area contributed by atoms with E-state index < -0.39 is 4.92 Å². The number of nitrogens with one attached hydrogen (secondary N) is 1. The minimum Gasteiger partial charge on any atom is -0.320 e. The third-order valence-electron chi connectivity index (χ3n) is 3.71. The van der Waals surface area contributed by atoms with Gasteiger partial charge in [-0.3, -0.25) is 14.9 Å². The van der Waals surface area contributed by atoms with Gasteiger partial charge in [-0.15, -0.1) is 0 Å². The van der Waals surface area contributed by atoms with Crippen LogP contribution < -0.4 is 5.32 Å². The van der Waals surface area contributed by atoms with Gasteiger partial charge in [0, 0.05) is 6.07 Å². The number of anilines is 1. The van der Waals surface area contributed by atoms with Gasteiger partial charge in [0.05, 0.1) is 10.8 Å². The van der Waals surface area contributed by atoms with Crippen LogP contribution in [-0.2, 0) is 4.79 Å². The third-order valence-corrected chi connectivity index (χ3v) is 3.71. The van der Waals surface area contributed by atoms with Crippen molar-refractivity contribution in [2.75, 3.05) is 5.32 Å².